The number of hydrogen-bond acceptors (Lipinski definition) is 5. The zero-order valence-electron chi connectivity index (χ0n) is 20.9. The predicted molar refractivity (Wildman–Crippen MR) is 153 cm³/mol. The first-order valence-electron chi connectivity index (χ1n) is 12.2. The molecule has 1 saturated heterocycles. The molecule has 1 aliphatic rings. The summed E-state index contributed by atoms with van der Waals surface area (Å²) in [6.45, 7) is 2.80. The van der Waals surface area contributed by atoms with Gasteiger partial charge in [-0.2, -0.15) is 5.26 Å². The van der Waals surface area contributed by atoms with E-state index in [0.29, 0.717) is 34.5 Å². The van der Waals surface area contributed by atoms with Gasteiger partial charge in [-0.25, -0.2) is 4.99 Å². The second kappa shape index (κ2) is 11.6. The van der Waals surface area contributed by atoms with Gasteiger partial charge >= 0.3 is 0 Å². The number of amides is 1. The maximum atomic E-state index is 13.5. The third-order valence-electron chi connectivity index (χ3n) is 6.04. The van der Waals surface area contributed by atoms with Crippen molar-refractivity contribution in [2.75, 3.05) is 0 Å². The number of ether oxygens (including phenoxy) is 1. The van der Waals surface area contributed by atoms with Gasteiger partial charge in [-0.1, -0.05) is 78.4 Å². The Hall–Kier alpha value is -4.60. The summed E-state index contributed by atoms with van der Waals surface area (Å²) in [5.41, 5.74) is 5.35. The van der Waals surface area contributed by atoms with Crippen LogP contribution in [-0.2, 0) is 17.9 Å². The minimum Gasteiger partial charge on any atom is -0.489 e. The van der Waals surface area contributed by atoms with Gasteiger partial charge in [0.1, 0.15) is 12.4 Å². The lowest BCUT2D eigenvalue weighted by Crippen LogP contribution is -2.28. The number of hydrogen-bond donors (Lipinski definition) is 0. The molecule has 6 heteroatoms. The van der Waals surface area contributed by atoms with E-state index in [-0.39, 0.29) is 5.91 Å². The summed E-state index contributed by atoms with van der Waals surface area (Å²) in [5, 5.41) is 9.93. The Morgan fingerprint density at radius 3 is 2.37 bits per heavy atom. The Morgan fingerprint density at radius 1 is 0.921 bits per heavy atom. The second-order valence-electron chi connectivity index (χ2n) is 8.84. The standard InChI is InChI=1S/C32H25N3O2S/c1-23-11-15-28(16-12-23)34-32-35(21-25-7-3-2-4-8-25)31(36)30(38-32)19-24-13-17-29(18-14-24)37-22-27-10-6-5-9-26(27)20-33/h2-19H,21-22H2,1H3/b30-19+,34-32?. The molecule has 0 radical (unpaired) electrons. The maximum absolute atomic E-state index is 13.5. The van der Waals surface area contributed by atoms with E-state index in [0.717, 1.165) is 27.9 Å². The normalized spacial score (nSPS) is 15.2. The van der Waals surface area contributed by atoms with Crippen LogP contribution in [0.1, 0.15) is 27.8 Å². The molecule has 0 aromatic heterocycles. The van der Waals surface area contributed by atoms with Crippen molar-refractivity contribution in [3.05, 3.63) is 136 Å². The van der Waals surface area contributed by atoms with Crippen LogP contribution in [0.25, 0.3) is 6.08 Å². The lowest BCUT2D eigenvalue weighted by Gasteiger charge is -2.15. The van der Waals surface area contributed by atoms with Gasteiger partial charge in [0.05, 0.1) is 28.8 Å². The van der Waals surface area contributed by atoms with Crippen LogP contribution in [0.3, 0.4) is 0 Å². The fourth-order valence-electron chi connectivity index (χ4n) is 3.95. The first-order valence-corrected chi connectivity index (χ1v) is 13.0. The smallest absolute Gasteiger partial charge is 0.267 e. The Morgan fingerprint density at radius 2 is 1.63 bits per heavy atom. The van der Waals surface area contributed by atoms with Gasteiger partial charge in [0, 0.05) is 5.56 Å². The van der Waals surface area contributed by atoms with Crippen LogP contribution in [0.15, 0.2) is 113 Å². The minimum absolute atomic E-state index is 0.0712. The van der Waals surface area contributed by atoms with Crippen LogP contribution in [0.4, 0.5) is 5.69 Å². The predicted octanol–water partition coefficient (Wildman–Crippen LogP) is 7.25. The number of benzene rings is 4. The fourth-order valence-corrected chi connectivity index (χ4v) is 4.95. The minimum atomic E-state index is -0.0712. The number of amidine groups is 1. The third-order valence-corrected chi connectivity index (χ3v) is 7.05. The molecule has 0 bridgehead atoms. The number of rotatable bonds is 7. The van der Waals surface area contributed by atoms with Crippen molar-refractivity contribution < 1.29 is 9.53 Å². The summed E-state index contributed by atoms with van der Waals surface area (Å²) in [5.74, 6) is 0.621. The zero-order chi connectivity index (χ0) is 26.3. The number of aliphatic imine (C=N–C) groups is 1. The number of carbonyl (C=O) groups excluding carboxylic acids is 1. The summed E-state index contributed by atoms with van der Waals surface area (Å²) in [6.07, 6.45) is 1.89. The van der Waals surface area contributed by atoms with Gasteiger partial charge in [0.25, 0.3) is 5.91 Å². The number of nitrogens with zero attached hydrogens (tertiary/aromatic N) is 3. The number of thioether (sulfide) groups is 1. The van der Waals surface area contributed by atoms with E-state index in [1.807, 2.05) is 110 Å². The van der Waals surface area contributed by atoms with E-state index >= 15 is 0 Å². The number of nitriles is 1. The monoisotopic (exact) mass is 515 g/mol. The molecule has 4 aromatic carbocycles. The van der Waals surface area contributed by atoms with Gasteiger partial charge in [-0.3, -0.25) is 9.69 Å². The fraction of sp³-hybridized carbons (Fsp3) is 0.0938. The molecular weight excluding hydrogens is 490 g/mol. The van der Waals surface area contributed by atoms with Crippen LogP contribution in [0.2, 0.25) is 0 Å². The first kappa shape index (κ1) is 25.1. The van der Waals surface area contributed by atoms with E-state index in [4.69, 9.17) is 9.73 Å². The van der Waals surface area contributed by atoms with Crippen LogP contribution in [-0.4, -0.2) is 16.0 Å². The highest BCUT2D eigenvalue weighted by Crippen LogP contribution is 2.35. The highest BCUT2D eigenvalue weighted by atomic mass is 32.2. The van der Waals surface area contributed by atoms with Crippen molar-refractivity contribution in [2.24, 2.45) is 4.99 Å². The molecule has 38 heavy (non-hydrogen) atoms. The molecule has 0 saturated carbocycles. The molecule has 1 heterocycles. The Bertz CT molecular complexity index is 1540. The molecular formula is C32H25N3O2S. The Balaban J connectivity index is 1.35. The first-order chi connectivity index (χ1) is 18.6. The summed E-state index contributed by atoms with van der Waals surface area (Å²) in [6, 6.07) is 35.0. The van der Waals surface area contributed by atoms with Crippen molar-refractivity contribution in [2.45, 2.75) is 20.1 Å². The van der Waals surface area contributed by atoms with Crippen LogP contribution < -0.4 is 4.74 Å². The highest BCUT2D eigenvalue weighted by molar-refractivity contribution is 8.18. The molecule has 0 spiro atoms. The zero-order valence-corrected chi connectivity index (χ0v) is 21.7. The van der Waals surface area contributed by atoms with Crippen LogP contribution in [0.5, 0.6) is 5.75 Å². The van der Waals surface area contributed by atoms with Crippen molar-refractivity contribution >= 4 is 34.6 Å². The molecule has 1 aliphatic heterocycles. The van der Waals surface area contributed by atoms with Gasteiger partial charge in [0.15, 0.2) is 5.17 Å². The lowest BCUT2D eigenvalue weighted by molar-refractivity contribution is -0.122. The van der Waals surface area contributed by atoms with Gasteiger partial charge in [0.2, 0.25) is 0 Å². The molecule has 1 amide bonds. The molecule has 5 rings (SSSR count). The molecule has 0 aliphatic carbocycles. The van der Waals surface area contributed by atoms with Crippen molar-refractivity contribution in [3.63, 3.8) is 0 Å². The summed E-state index contributed by atoms with van der Waals surface area (Å²) in [4.78, 5) is 20.6. The Labute approximate surface area is 226 Å². The van der Waals surface area contributed by atoms with Crippen molar-refractivity contribution in [1.29, 1.82) is 5.26 Å². The van der Waals surface area contributed by atoms with Gasteiger partial charge in [-0.15, -0.1) is 0 Å². The average Bonchev–Trinajstić information content (AvgIpc) is 3.23. The van der Waals surface area contributed by atoms with Crippen molar-refractivity contribution in [3.8, 4) is 11.8 Å². The van der Waals surface area contributed by atoms with E-state index in [1.165, 1.54) is 11.8 Å². The summed E-state index contributed by atoms with van der Waals surface area (Å²) in [7, 11) is 0. The second-order valence-corrected chi connectivity index (χ2v) is 9.85. The quantitative estimate of drug-likeness (QED) is 0.243. The van der Waals surface area contributed by atoms with E-state index in [2.05, 4.69) is 6.07 Å². The van der Waals surface area contributed by atoms with Crippen molar-refractivity contribution in [1.82, 2.24) is 4.90 Å². The third kappa shape index (κ3) is 6.03. The van der Waals surface area contributed by atoms with Gasteiger partial charge < -0.3 is 4.74 Å². The van der Waals surface area contributed by atoms with Crippen LogP contribution in [0, 0.1) is 18.3 Å². The van der Waals surface area contributed by atoms with E-state index in [1.54, 1.807) is 11.0 Å². The molecule has 0 N–H and O–H groups in total. The highest BCUT2D eigenvalue weighted by Gasteiger charge is 2.33. The lowest BCUT2D eigenvalue weighted by atomic mass is 10.1. The average molecular weight is 516 g/mol. The molecule has 186 valence electrons. The topological polar surface area (TPSA) is 65.7 Å². The number of aryl methyl sites for hydroxylation is 1. The Kier molecular flexibility index (Phi) is 7.67. The van der Waals surface area contributed by atoms with E-state index in [9.17, 15) is 10.1 Å². The molecule has 0 atom stereocenters. The largest absolute Gasteiger partial charge is 0.489 e. The van der Waals surface area contributed by atoms with Crippen LogP contribution >= 0.6 is 11.8 Å². The SMILES string of the molecule is Cc1ccc(N=C2S/C(=C/c3ccc(OCc4ccccc4C#N)cc3)C(=O)N2Cc2ccccc2)cc1. The summed E-state index contributed by atoms with van der Waals surface area (Å²) < 4.78 is 5.88. The van der Waals surface area contributed by atoms with Gasteiger partial charge in [-0.05, 0) is 66.2 Å². The molecule has 5 nitrogen and oxygen atoms in total. The molecule has 1 fully saturated rings. The van der Waals surface area contributed by atoms with E-state index < -0.39 is 0 Å². The maximum Gasteiger partial charge on any atom is 0.267 e. The molecule has 4 aromatic rings. The number of carbonyl (C=O) groups is 1. The summed E-state index contributed by atoms with van der Waals surface area (Å²) >= 11 is 1.38. The molecule has 0 unspecified atom stereocenters.